The van der Waals surface area contributed by atoms with Gasteiger partial charge in [0.25, 0.3) is 10.0 Å². The molecule has 0 saturated heterocycles. The van der Waals surface area contributed by atoms with E-state index in [9.17, 15) is 8.42 Å². The number of aromatic nitrogens is 1. The number of rotatable bonds is 5. The van der Waals surface area contributed by atoms with E-state index in [1.165, 1.54) is 12.3 Å². The summed E-state index contributed by atoms with van der Waals surface area (Å²) in [5.74, 6) is 0. The maximum atomic E-state index is 11.5. The van der Waals surface area contributed by atoms with Gasteiger partial charge in [-0.15, -0.1) is 0 Å². The summed E-state index contributed by atoms with van der Waals surface area (Å²) in [7, 11) is -3.61. The largest absolute Gasteiger partial charge is 0.395 e. The van der Waals surface area contributed by atoms with E-state index in [0.717, 1.165) is 5.56 Å². The smallest absolute Gasteiger partial charge is 0.258 e. The number of hydrogen-bond acceptors (Lipinski definition) is 5. The molecule has 7 heteroatoms. The van der Waals surface area contributed by atoms with Gasteiger partial charge in [-0.25, -0.2) is 18.1 Å². The van der Waals surface area contributed by atoms with Crippen molar-refractivity contribution in [3.8, 4) is 0 Å². The van der Waals surface area contributed by atoms with Crippen LogP contribution in [-0.2, 0) is 16.6 Å². The first-order valence-electron chi connectivity index (χ1n) is 4.35. The van der Waals surface area contributed by atoms with Crippen molar-refractivity contribution >= 4 is 10.0 Å². The van der Waals surface area contributed by atoms with Crippen molar-refractivity contribution in [1.29, 1.82) is 0 Å². The molecule has 0 aliphatic carbocycles. The molecule has 0 spiro atoms. The third-order valence-corrected chi connectivity index (χ3v) is 3.09. The first-order chi connectivity index (χ1) is 7.10. The SMILES string of the molecule is NCc1ccc(S(=O)(=O)NCCO)nc1. The number of nitrogens with zero attached hydrogens (tertiary/aromatic N) is 1. The predicted molar refractivity (Wildman–Crippen MR) is 54.4 cm³/mol. The van der Waals surface area contributed by atoms with Crippen LogP contribution in [0.5, 0.6) is 0 Å². The zero-order chi connectivity index (χ0) is 11.3. The minimum Gasteiger partial charge on any atom is -0.395 e. The number of hydrogen-bond donors (Lipinski definition) is 3. The maximum Gasteiger partial charge on any atom is 0.258 e. The summed E-state index contributed by atoms with van der Waals surface area (Å²) in [5.41, 5.74) is 6.11. The molecule has 0 fully saturated rings. The van der Waals surface area contributed by atoms with E-state index in [1.54, 1.807) is 6.07 Å². The average molecular weight is 231 g/mol. The van der Waals surface area contributed by atoms with Gasteiger partial charge in [-0.1, -0.05) is 6.07 Å². The molecule has 1 heterocycles. The van der Waals surface area contributed by atoms with Gasteiger partial charge >= 0.3 is 0 Å². The topological polar surface area (TPSA) is 105 Å². The summed E-state index contributed by atoms with van der Waals surface area (Å²) < 4.78 is 25.1. The molecule has 84 valence electrons. The lowest BCUT2D eigenvalue weighted by Gasteiger charge is -2.04. The highest BCUT2D eigenvalue weighted by Gasteiger charge is 2.13. The first-order valence-corrected chi connectivity index (χ1v) is 5.84. The zero-order valence-corrected chi connectivity index (χ0v) is 8.87. The van der Waals surface area contributed by atoms with Gasteiger partial charge in [0, 0.05) is 19.3 Å². The highest BCUT2D eigenvalue weighted by atomic mass is 32.2. The Morgan fingerprint density at radius 2 is 2.20 bits per heavy atom. The van der Waals surface area contributed by atoms with Crippen LogP contribution in [0.25, 0.3) is 0 Å². The molecule has 0 aliphatic rings. The van der Waals surface area contributed by atoms with E-state index >= 15 is 0 Å². The molecule has 0 radical (unpaired) electrons. The summed E-state index contributed by atoms with van der Waals surface area (Å²) in [6.07, 6.45) is 1.41. The van der Waals surface area contributed by atoms with Gasteiger partial charge < -0.3 is 10.8 Å². The summed E-state index contributed by atoms with van der Waals surface area (Å²) >= 11 is 0. The Morgan fingerprint density at radius 3 is 2.67 bits per heavy atom. The van der Waals surface area contributed by atoms with Gasteiger partial charge in [0.2, 0.25) is 0 Å². The van der Waals surface area contributed by atoms with E-state index < -0.39 is 10.0 Å². The zero-order valence-electron chi connectivity index (χ0n) is 8.05. The lowest BCUT2D eigenvalue weighted by Crippen LogP contribution is -2.27. The van der Waals surface area contributed by atoms with E-state index in [-0.39, 0.29) is 18.2 Å². The number of sulfonamides is 1. The third kappa shape index (κ3) is 3.24. The first kappa shape index (κ1) is 12.1. The Labute approximate surface area is 88.2 Å². The van der Waals surface area contributed by atoms with Crippen LogP contribution in [0.3, 0.4) is 0 Å². The van der Waals surface area contributed by atoms with Gasteiger partial charge in [0.05, 0.1) is 6.61 Å². The molecule has 6 nitrogen and oxygen atoms in total. The molecule has 0 saturated carbocycles. The van der Waals surface area contributed by atoms with Crippen LogP contribution >= 0.6 is 0 Å². The number of aliphatic hydroxyl groups excluding tert-OH is 1. The Hall–Kier alpha value is -1.02. The monoisotopic (exact) mass is 231 g/mol. The normalized spacial score (nSPS) is 11.6. The minimum atomic E-state index is -3.61. The van der Waals surface area contributed by atoms with Crippen molar-refractivity contribution in [2.45, 2.75) is 11.6 Å². The van der Waals surface area contributed by atoms with Gasteiger partial charge in [0.1, 0.15) is 0 Å². The Morgan fingerprint density at radius 1 is 1.47 bits per heavy atom. The molecule has 4 N–H and O–H groups in total. The van der Waals surface area contributed by atoms with Crippen molar-refractivity contribution in [3.05, 3.63) is 23.9 Å². The van der Waals surface area contributed by atoms with Crippen LogP contribution in [0.15, 0.2) is 23.4 Å². The predicted octanol–water partition coefficient (Wildman–Crippen LogP) is -1.19. The third-order valence-electron chi connectivity index (χ3n) is 1.71. The molecule has 0 bridgehead atoms. The maximum absolute atomic E-state index is 11.5. The van der Waals surface area contributed by atoms with E-state index in [1.807, 2.05) is 0 Å². The Kier molecular flexibility index (Phi) is 4.15. The van der Waals surface area contributed by atoms with Crippen LogP contribution in [0, 0.1) is 0 Å². The molecule has 1 aromatic heterocycles. The van der Waals surface area contributed by atoms with E-state index in [4.69, 9.17) is 10.8 Å². The van der Waals surface area contributed by atoms with Crippen LogP contribution in [0.1, 0.15) is 5.56 Å². The minimum absolute atomic E-state index is 0.0251. The second kappa shape index (κ2) is 5.17. The Bertz CT molecular complexity index is 402. The molecular formula is C8H13N3O3S. The lowest BCUT2D eigenvalue weighted by molar-refractivity contribution is 0.301. The van der Waals surface area contributed by atoms with Gasteiger partial charge in [-0.05, 0) is 11.6 Å². The van der Waals surface area contributed by atoms with Gasteiger partial charge in [-0.3, -0.25) is 0 Å². The van der Waals surface area contributed by atoms with Crippen LogP contribution < -0.4 is 10.5 Å². The highest BCUT2D eigenvalue weighted by Crippen LogP contribution is 2.05. The number of nitrogens with two attached hydrogens (primary N) is 1. The van der Waals surface area contributed by atoms with Crippen LogP contribution in [-0.4, -0.2) is 31.7 Å². The van der Waals surface area contributed by atoms with Crippen LogP contribution in [0.4, 0.5) is 0 Å². The summed E-state index contributed by atoms with van der Waals surface area (Å²) in [6.45, 7) is 0.0418. The fraction of sp³-hybridized carbons (Fsp3) is 0.375. The lowest BCUT2D eigenvalue weighted by atomic mass is 10.3. The summed E-state index contributed by atoms with van der Waals surface area (Å²) in [4.78, 5) is 3.76. The van der Waals surface area contributed by atoms with Gasteiger partial charge in [-0.2, -0.15) is 0 Å². The fourth-order valence-corrected chi connectivity index (χ4v) is 1.89. The molecule has 1 aromatic rings. The number of nitrogens with one attached hydrogen (secondary N) is 1. The van der Waals surface area contributed by atoms with Crippen molar-refractivity contribution in [2.24, 2.45) is 5.73 Å². The van der Waals surface area contributed by atoms with Gasteiger partial charge in [0.15, 0.2) is 5.03 Å². The van der Waals surface area contributed by atoms with Crippen molar-refractivity contribution in [1.82, 2.24) is 9.71 Å². The Balaban J connectivity index is 2.86. The molecule has 1 rings (SSSR count). The standard InChI is InChI=1S/C8H13N3O3S/c9-5-7-1-2-8(10-6-7)15(13,14)11-3-4-12/h1-2,6,11-12H,3-5,9H2. The molecule has 0 atom stereocenters. The van der Waals surface area contributed by atoms with E-state index in [2.05, 4.69) is 9.71 Å². The van der Waals surface area contributed by atoms with E-state index in [0.29, 0.717) is 6.54 Å². The average Bonchev–Trinajstić information content (AvgIpc) is 2.26. The molecule has 15 heavy (non-hydrogen) atoms. The molecule has 0 aliphatic heterocycles. The fourth-order valence-electron chi connectivity index (χ4n) is 0.945. The number of aliphatic hydroxyl groups is 1. The summed E-state index contributed by atoms with van der Waals surface area (Å²) in [5, 5.41) is 8.42. The second-order valence-corrected chi connectivity index (χ2v) is 4.54. The van der Waals surface area contributed by atoms with Crippen LogP contribution in [0.2, 0.25) is 0 Å². The second-order valence-electron chi connectivity index (χ2n) is 2.83. The van der Waals surface area contributed by atoms with Crippen molar-refractivity contribution in [2.75, 3.05) is 13.2 Å². The quantitative estimate of drug-likeness (QED) is 0.591. The highest BCUT2D eigenvalue weighted by molar-refractivity contribution is 7.89. The van der Waals surface area contributed by atoms with Crippen molar-refractivity contribution in [3.63, 3.8) is 0 Å². The molecule has 0 unspecified atom stereocenters. The number of pyridine rings is 1. The van der Waals surface area contributed by atoms with Crippen molar-refractivity contribution < 1.29 is 13.5 Å². The molecule has 0 aromatic carbocycles. The molecular weight excluding hydrogens is 218 g/mol. The molecule has 0 amide bonds. The summed E-state index contributed by atoms with van der Waals surface area (Å²) in [6, 6.07) is 2.97.